The molecule has 1 aromatic heterocycles. The smallest absolute Gasteiger partial charge is 0.304 e. The van der Waals surface area contributed by atoms with Crippen LogP contribution >= 0.6 is 0 Å². The quantitative estimate of drug-likeness (QED) is 0.808. The van der Waals surface area contributed by atoms with E-state index >= 15 is 0 Å². The fraction of sp³-hybridized carbons (Fsp3) is 0.636. The van der Waals surface area contributed by atoms with E-state index in [4.69, 9.17) is 5.11 Å². The van der Waals surface area contributed by atoms with Gasteiger partial charge >= 0.3 is 5.97 Å². The van der Waals surface area contributed by atoms with Crippen molar-refractivity contribution in [1.82, 2.24) is 9.78 Å². The molecule has 0 aliphatic heterocycles. The van der Waals surface area contributed by atoms with Crippen LogP contribution in [0.2, 0.25) is 0 Å². The maximum absolute atomic E-state index is 11.6. The first-order valence-corrected chi connectivity index (χ1v) is 7.62. The number of aliphatic carboxylic acids is 1. The Balaban J connectivity index is 2.67. The van der Waals surface area contributed by atoms with Crippen LogP contribution in [0.5, 0.6) is 0 Å². The molecule has 1 heterocycles. The lowest BCUT2D eigenvalue weighted by Crippen LogP contribution is -2.13. The second kappa shape index (κ2) is 5.99. The van der Waals surface area contributed by atoms with Crippen LogP contribution in [-0.2, 0) is 20.4 Å². The van der Waals surface area contributed by atoms with Gasteiger partial charge in [0.1, 0.15) is 0 Å². The Morgan fingerprint density at radius 3 is 2.78 bits per heavy atom. The second-order valence-corrected chi connectivity index (χ2v) is 6.46. The molecule has 0 aromatic carbocycles. The van der Waals surface area contributed by atoms with Crippen molar-refractivity contribution in [2.24, 2.45) is 0 Å². The Morgan fingerprint density at radius 2 is 2.22 bits per heavy atom. The highest BCUT2D eigenvalue weighted by Gasteiger charge is 2.16. The van der Waals surface area contributed by atoms with E-state index in [1.165, 1.54) is 0 Å². The highest BCUT2D eigenvalue weighted by atomic mass is 32.2. The van der Waals surface area contributed by atoms with Gasteiger partial charge in [-0.25, -0.2) is 8.42 Å². The third-order valence-corrected chi connectivity index (χ3v) is 4.26. The van der Waals surface area contributed by atoms with Gasteiger partial charge in [0.25, 0.3) is 0 Å². The molecule has 1 atom stereocenters. The summed E-state index contributed by atoms with van der Waals surface area (Å²) in [6.07, 6.45) is 2.29. The largest absolute Gasteiger partial charge is 0.481 e. The van der Waals surface area contributed by atoms with Gasteiger partial charge in [-0.3, -0.25) is 9.48 Å². The van der Waals surface area contributed by atoms with Crippen molar-refractivity contribution in [3.8, 4) is 0 Å². The summed E-state index contributed by atoms with van der Waals surface area (Å²) in [5, 5.41) is 12.7. The number of hydrogen-bond acceptors (Lipinski definition) is 4. The number of carbonyl (C=O) groups is 1. The molecule has 102 valence electrons. The molecule has 0 bridgehead atoms. The van der Waals surface area contributed by atoms with Crippen molar-refractivity contribution in [2.45, 2.75) is 38.5 Å². The van der Waals surface area contributed by atoms with E-state index in [1.807, 2.05) is 13.8 Å². The first-order valence-electron chi connectivity index (χ1n) is 5.80. The van der Waals surface area contributed by atoms with Gasteiger partial charge in [-0.15, -0.1) is 0 Å². The minimum absolute atomic E-state index is 0.205. The molecule has 1 unspecified atom stereocenters. The average molecular weight is 274 g/mol. The molecule has 0 fully saturated rings. The van der Waals surface area contributed by atoms with E-state index in [9.17, 15) is 13.2 Å². The molecular weight excluding hydrogens is 256 g/mol. The van der Waals surface area contributed by atoms with Crippen LogP contribution in [0, 0.1) is 0 Å². The zero-order chi connectivity index (χ0) is 13.8. The first kappa shape index (κ1) is 14.7. The molecular formula is C11H18N2O4S. The molecule has 1 aromatic rings. The van der Waals surface area contributed by atoms with E-state index in [1.54, 1.807) is 16.9 Å². The van der Waals surface area contributed by atoms with Gasteiger partial charge in [-0.05, 0) is 19.4 Å². The Bertz CT molecular complexity index is 507. The van der Waals surface area contributed by atoms with Crippen LogP contribution < -0.4 is 0 Å². The SMILES string of the molecule is CCC(C)n1ccc(CS(=O)(=O)CCC(=O)O)n1. The average Bonchev–Trinajstić information content (AvgIpc) is 2.73. The van der Waals surface area contributed by atoms with E-state index in [0.717, 1.165) is 6.42 Å². The lowest BCUT2D eigenvalue weighted by atomic mass is 10.3. The summed E-state index contributed by atoms with van der Waals surface area (Å²) in [7, 11) is -3.41. The summed E-state index contributed by atoms with van der Waals surface area (Å²) in [5.41, 5.74) is 0.459. The van der Waals surface area contributed by atoms with Gasteiger partial charge in [-0.2, -0.15) is 5.10 Å². The van der Waals surface area contributed by atoms with Crippen molar-refractivity contribution >= 4 is 15.8 Å². The molecule has 6 nitrogen and oxygen atoms in total. The molecule has 0 spiro atoms. The number of hydrogen-bond donors (Lipinski definition) is 1. The molecule has 0 aliphatic rings. The zero-order valence-electron chi connectivity index (χ0n) is 10.5. The van der Waals surface area contributed by atoms with Gasteiger partial charge < -0.3 is 5.11 Å². The van der Waals surface area contributed by atoms with E-state index in [-0.39, 0.29) is 24.0 Å². The number of carboxylic acid groups (broad SMARTS) is 1. The van der Waals surface area contributed by atoms with Gasteiger partial charge in [0.2, 0.25) is 0 Å². The normalized spacial score (nSPS) is 13.4. The van der Waals surface area contributed by atoms with Gasteiger partial charge in [0.05, 0.1) is 23.6 Å². The fourth-order valence-electron chi connectivity index (χ4n) is 1.43. The molecule has 7 heteroatoms. The van der Waals surface area contributed by atoms with Crippen LogP contribution in [0.1, 0.15) is 38.4 Å². The number of carboxylic acids is 1. The van der Waals surface area contributed by atoms with Crippen molar-refractivity contribution < 1.29 is 18.3 Å². The van der Waals surface area contributed by atoms with Crippen LogP contribution in [0.3, 0.4) is 0 Å². The summed E-state index contributed by atoms with van der Waals surface area (Å²) in [5.74, 6) is -1.66. The predicted molar refractivity (Wildman–Crippen MR) is 67.0 cm³/mol. The molecule has 1 rings (SSSR count). The fourth-order valence-corrected chi connectivity index (χ4v) is 2.66. The second-order valence-electron chi connectivity index (χ2n) is 4.28. The lowest BCUT2D eigenvalue weighted by Gasteiger charge is -2.08. The van der Waals surface area contributed by atoms with E-state index < -0.39 is 15.8 Å². The highest BCUT2D eigenvalue weighted by Crippen LogP contribution is 2.11. The van der Waals surface area contributed by atoms with Crippen molar-refractivity contribution in [3.63, 3.8) is 0 Å². The minimum Gasteiger partial charge on any atom is -0.481 e. The van der Waals surface area contributed by atoms with Crippen molar-refractivity contribution in [1.29, 1.82) is 0 Å². The summed E-state index contributed by atoms with van der Waals surface area (Å²) < 4.78 is 25.0. The number of aromatic nitrogens is 2. The van der Waals surface area contributed by atoms with Crippen molar-refractivity contribution in [3.05, 3.63) is 18.0 Å². The molecule has 1 N–H and O–H groups in total. The van der Waals surface area contributed by atoms with Crippen LogP contribution in [0.4, 0.5) is 0 Å². The predicted octanol–water partition coefficient (Wildman–Crippen LogP) is 1.24. The Morgan fingerprint density at radius 1 is 1.56 bits per heavy atom. The maximum atomic E-state index is 11.6. The van der Waals surface area contributed by atoms with Crippen LogP contribution in [0.25, 0.3) is 0 Å². The standard InChI is InChI=1S/C11H18N2O4S/c1-3-9(2)13-6-4-10(12-13)8-18(16,17)7-5-11(14)15/h4,6,9H,3,5,7-8H2,1-2H3,(H,14,15). The van der Waals surface area contributed by atoms with Crippen molar-refractivity contribution in [2.75, 3.05) is 5.75 Å². The molecule has 0 saturated heterocycles. The Kier molecular flexibility index (Phi) is 4.89. The topological polar surface area (TPSA) is 89.3 Å². The molecule has 0 amide bonds. The molecule has 0 saturated carbocycles. The third-order valence-electron chi connectivity index (χ3n) is 2.70. The first-order chi connectivity index (χ1) is 8.34. The van der Waals surface area contributed by atoms with Gasteiger partial charge in [0, 0.05) is 12.2 Å². The number of sulfone groups is 1. The monoisotopic (exact) mass is 274 g/mol. The highest BCUT2D eigenvalue weighted by molar-refractivity contribution is 7.90. The lowest BCUT2D eigenvalue weighted by molar-refractivity contribution is -0.136. The number of rotatable bonds is 7. The molecule has 0 radical (unpaired) electrons. The minimum atomic E-state index is -3.41. The maximum Gasteiger partial charge on any atom is 0.304 e. The summed E-state index contributed by atoms with van der Waals surface area (Å²) in [6, 6.07) is 1.88. The van der Waals surface area contributed by atoms with Crippen LogP contribution in [0.15, 0.2) is 12.3 Å². The van der Waals surface area contributed by atoms with Crippen LogP contribution in [-0.4, -0.2) is 35.0 Å². The Labute approximate surface area is 107 Å². The molecule has 18 heavy (non-hydrogen) atoms. The van der Waals surface area contributed by atoms with Gasteiger partial charge in [0.15, 0.2) is 9.84 Å². The van der Waals surface area contributed by atoms with E-state index in [0.29, 0.717) is 5.69 Å². The summed E-state index contributed by atoms with van der Waals surface area (Å²) in [4.78, 5) is 10.3. The third kappa shape index (κ3) is 4.48. The Hall–Kier alpha value is -1.37. The van der Waals surface area contributed by atoms with E-state index in [2.05, 4.69) is 5.10 Å². The summed E-state index contributed by atoms with van der Waals surface area (Å²) in [6.45, 7) is 4.02. The summed E-state index contributed by atoms with van der Waals surface area (Å²) >= 11 is 0. The van der Waals surface area contributed by atoms with Gasteiger partial charge in [-0.1, -0.05) is 6.92 Å². The molecule has 0 aliphatic carbocycles. The zero-order valence-corrected chi connectivity index (χ0v) is 11.4. The number of nitrogens with zero attached hydrogens (tertiary/aromatic N) is 2.